The van der Waals surface area contributed by atoms with Gasteiger partial charge in [0.25, 0.3) is 15.9 Å². The minimum atomic E-state index is -3.90. The van der Waals surface area contributed by atoms with Crippen molar-refractivity contribution in [3.05, 3.63) is 59.2 Å². The minimum Gasteiger partial charge on any atom is -0.452 e. The number of carbonyl (C=O) groups is 2. The van der Waals surface area contributed by atoms with E-state index in [0.717, 1.165) is 19.3 Å². The van der Waals surface area contributed by atoms with E-state index in [2.05, 4.69) is 5.32 Å². The van der Waals surface area contributed by atoms with Crippen LogP contribution in [0.3, 0.4) is 0 Å². The van der Waals surface area contributed by atoms with Crippen LogP contribution in [0.4, 0.5) is 5.69 Å². The molecule has 8 nitrogen and oxygen atoms in total. The van der Waals surface area contributed by atoms with Gasteiger partial charge in [-0.15, -0.1) is 0 Å². The average molecular weight is 418 g/mol. The second kappa shape index (κ2) is 8.73. The van der Waals surface area contributed by atoms with Crippen LogP contribution in [0.15, 0.2) is 47.4 Å². The Kier molecular flexibility index (Phi) is 6.31. The van der Waals surface area contributed by atoms with Gasteiger partial charge in [-0.05, 0) is 60.7 Å². The lowest BCUT2D eigenvalue weighted by atomic mass is 10.1. The number of rotatable bonds is 7. The van der Waals surface area contributed by atoms with Crippen molar-refractivity contribution in [3.8, 4) is 0 Å². The number of sulfonamides is 1. The molecule has 154 valence electrons. The van der Waals surface area contributed by atoms with E-state index < -0.39 is 28.5 Å². The van der Waals surface area contributed by atoms with Crippen molar-refractivity contribution in [2.75, 3.05) is 26.1 Å². The molecule has 2 aromatic rings. The van der Waals surface area contributed by atoms with Crippen LogP contribution in [0.5, 0.6) is 0 Å². The molecule has 0 spiro atoms. The van der Waals surface area contributed by atoms with Crippen LogP contribution < -0.4 is 5.32 Å². The molecular weight excluding hydrogens is 396 g/mol. The lowest BCUT2D eigenvalue weighted by Gasteiger charge is -2.14. The van der Waals surface area contributed by atoms with Crippen LogP contribution in [0, 0.1) is 0 Å². The van der Waals surface area contributed by atoms with Gasteiger partial charge in [-0.3, -0.25) is 9.63 Å². The highest BCUT2D eigenvalue weighted by atomic mass is 32.2. The lowest BCUT2D eigenvalue weighted by molar-refractivity contribution is -0.119. The van der Waals surface area contributed by atoms with E-state index in [-0.39, 0.29) is 10.5 Å². The Morgan fingerprint density at radius 2 is 1.86 bits per heavy atom. The number of hydrogen-bond donors (Lipinski definition) is 1. The number of ether oxygens (including phenoxy) is 1. The molecule has 0 atom stereocenters. The Bertz CT molecular complexity index is 1040. The fourth-order valence-electron chi connectivity index (χ4n) is 3.09. The highest BCUT2D eigenvalue weighted by Crippen LogP contribution is 2.24. The molecular formula is C20H22N2O6S. The number of carbonyl (C=O) groups excluding carboxylic acids is 2. The first-order valence-corrected chi connectivity index (χ1v) is 10.5. The van der Waals surface area contributed by atoms with Gasteiger partial charge >= 0.3 is 5.97 Å². The number of nitrogens with zero attached hydrogens (tertiary/aromatic N) is 1. The summed E-state index contributed by atoms with van der Waals surface area (Å²) >= 11 is 0. The highest BCUT2D eigenvalue weighted by molar-refractivity contribution is 7.89. The van der Waals surface area contributed by atoms with Gasteiger partial charge in [-0.25, -0.2) is 13.2 Å². The van der Waals surface area contributed by atoms with Gasteiger partial charge in [0, 0.05) is 12.7 Å². The summed E-state index contributed by atoms with van der Waals surface area (Å²) in [5, 5.41) is 2.70. The highest BCUT2D eigenvalue weighted by Gasteiger charge is 2.22. The number of hydrogen-bond acceptors (Lipinski definition) is 6. The zero-order chi connectivity index (χ0) is 21.0. The van der Waals surface area contributed by atoms with Crippen molar-refractivity contribution >= 4 is 27.6 Å². The van der Waals surface area contributed by atoms with E-state index in [1.165, 1.54) is 49.5 Å². The molecule has 0 saturated heterocycles. The summed E-state index contributed by atoms with van der Waals surface area (Å²) in [6.45, 7) is -0.481. The van der Waals surface area contributed by atoms with Crippen LogP contribution in [0.2, 0.25) is 0 Å². The molecule has 3 rings (SSSR count). The fraction of sp³-hybridized carbons (Fsp3) is 0.300. The maximum atomic E-state index is 12.3. The first-order chi connectivity index (χ1) is 13.8. The second-order valence-electron chi connectivity index (χ2n) is 6.59. The summed E-state index contributed by atoms with van der Waals surface area (Å²) in [4.78, 5) is 28.9. The minimum absolute atomic E-state index is 0.0147. The number of benzene rings is 2. The Hall–Kier alpha value is -2.75. The van der Waals surface area contributed by atoms with Crippen LogP contribution >= 0.6 is 0 Å². The van der Waals surface area contributed by atoms with Crippen LogP contribution in [0.1, 0.15) is 27.9 Å². The summed E-state index contributed by atoms with van der Waals surface area (Å²) in [7, 11) is -1.44. The summed E-state index contributed by atoms with van der Waals surface area (Å²) in [6, 6.07) is 11.1. The molecule has 1 amide bonds. The third kappa shape index (κ3) is 4.81. The normalized spacial score (nSPS) is 13.2. The molecule has 1 aliphatic rings. The Labute approximate surface area is 169 Å². The molecule has 0 bridgehead atoms. The number of amides is 1. The molecule has 2 aromatic carbocycles. The first kappa shape index (κ1) is 21.0. The van der Waals surface area contributed by atoms with E-state index in [0.29, 0.717) is 10.2 Å². The number of aryl methyl sites for hydroxylation is 2. The van der Waals surface area contributed by atoms with E-state index in [4.69, 9.17) is 9.57 Å². The third-order valence-electron chi connectivity index (χ3n) is 4.68. The number of nitrogens with one attached hydrogen (secondary N) is 1. The van der Waals surface area contributed by atoms with Gasteiger partial charge in [0.1, 0.15) is 0 Å². The largest absolute Gasteiger partial charge is 0.452 e. The molecule has 1 N–H and O–H groups in total. The molecule has 0 unspecified atom stereocenters. The molecule has 0 aromatic heterocycles. The molecule has 0 aliphatic heterocycles. The van der Waals surface area contributed by atoms with Crippen molar-refractivity contribution in [2.24, 2.45) is 0 Å². The number of anilines is 1. The van der Waals surface area contributed by atoms with Gasteiger partial charge in [0.15, 0.2) is 6.61 Å². The number of esters is 1. The van der Waals surface area contributed by atoms with Crippen molar-refractivity contribution in [1.82, 2.24) is 4.47 Å². The van der Waals surface area contributed by atoms with Crippen molar-refractivity contribution in [1.29, 1.82) is 0 Å². The van der Waals surface area contributed by atoms with Gasteiger partial charge in [-0.1, -0.05) is 16.6 Å². The molecule has 0 heterocycles. The molecule has 1 aliphatic carbocycles. The van der Waals surface area contributed by atoms with Crippen molar-refractivity contribution < 1.29 is 27.6 Å². The Morgan fingerprint density at radius 1 is 1.10 bits per heavy atom. The first-order valence-electron chi connectivity index (χ1n) is 9.03. The van der Waals surface area contributed by atoms with Gasteiger partial charge in [0.2, 0.25) is 0 Å². The predicted molar refractivity (Wildman–Crippen MR) is 106 cm³/mol. The van der Waals surface area contributed by atoms with Crippen molar-refractivity contribution in [2.45, 2.75) is 24.2 Å². The summed E-state index contributed by atoms with van der Waals surface area (Å²) in [6.07, 6.45) is 3.15. The monoisotopic (exact) mass is 418 g/mol. The summed E-state index contributed by atoms with van der Waals surface area (Å²) in [5.74, 6) is -1.27. The Balaban J connectivity index is 1.60. The molecule has 29 heavy (non-hydrogen) atoms. The number of hydroxylamine groups is 1. The molecule has 0 saturated carbocycles. The summed E-state index contributed by atoms with van der Waals surface area (Å²) in [5.41, 5.74) is 3.19. The van der Waals surface area contributed by atoms with Gasteiger partial charge in [0.05, 0.1) is 17.6 Å². The van der Waals surface area contributed by atoms with Crippen molar-refractivity contribution in [3.63, 3.8) is 0 Å². The van der Waals surface area contributed by atoms with Crippen LogP contribution in [-0.4, -0.2) is 45.5 Å². The quantitative estimate of drug-likeness (QED) is 0.546. The van der Waals surface area contributed by atoms with E-state index >= 15 is 0 Å². The zero-order valence-electron chi connectivity index (χ0n) is 16.2. The van der Waals surface area contributed by atoms with Gasteiger partial charge < -0.3 is 10.1 Å². The standard InChI is InChI=1S/C20H22N2O6S/c1-22(27-2)29(25,26)18-8-4-7-16(12-18)20(24)28-13-19(23)21-17-10-9-14-5-3-6-15(14)11-17/h4,7-12H,3,5-6,13H2,1-2H3,(H,21,23). The lowest BCUT2D eigenvalue weighted by Crippen LogP contribution is -2.26. The van der Waals surface area contributed by atoms with E-state index in [1.54, 1.807) is 0 Å². The molecule has 0 radical (unpaired) electrons. The van der Waals surface area contributed by atoms with Crippen LogP contribution in [0.25, 0.3) is 0 Å². The second-order valence-corrected chi connectivity index (χ2v) is 8.52. The smallest absolute Gasteiger partial charge is 0.338 e. The van der Waals surface area contributed by atoms with Gasteiger partial charge in [-0.2, -0.15) is 0 Å². The molecule has 9 heteroatoms. The fourth-order valence-corrected chi connectivity index (χ4v) is 4.11. The Morgan fingerprint density at radius 3 is 2.62 bits per heavy atom. The zero-order valence-corrected chi connectivity index (χ0v) is 17.0. The average Bonchev–Trinajstić information content (AvgIpc) is 3.19. The number of fused-ring (bicyclic) bond motifs is 1. The topological polar surface area (TPSA) is 102 Å². The maximum absolute atomic E-state index is 12.3. The SMILES string of the molecule is CON(C)S(=O)(=O)c1cccc(C(=O)OCC(=O)Nc2ccc3c(c2)CCC3)c1. The molecule has 0 fully saturated rings. The maximum Gasteiger partial charge on any atom is 0.338 e. The van der Waals surface area contributed by atoms with E-state index in [1.807, 2.05) is 18.2 Å². The van der Waals surface area contributed by atoms with E-state index in [9.17, 15) is 18.0 Å². The predicted octanol–water partition coefficient (Wildman–Crippen LogP) is 2.15. The van der Waals surface area contributed by atoms with Crippen LogP contribution in [-0.2, 0) is 37.2 Å². The summed E-state index contributed by atoms with van der Waals surface area (Å²) < 4.78 is 30.2. The third-order valence-corrected chi connectivity index (χ3v) is 6.36.